The molecule has 0 bridgehead atoms. The Kier molecular flexibility index (Phi) is 5.46. The molecule has 0 radical (unpaired) electrons. The highest BCUT2D eigenvalue weighted by Gasteiger charge is 2.33. The molecule has 1 heterocycles. The summed E-state index contributed by atoms with van der Waals surface area (Å²) in [5.74, 6) is 1.63. The molecule has 3 nitrogen and oxygen atoms in total. The second-order valence-electron chi connectivity index (χ2n) is 6.53. The topological polar surface area (TPSA) is 24.5 Å². The lowest BCUT2D eigenvalue weighted by Crippen LogP contribution is -2.34. The Labute approximate surface area is 112 Å². The zero-order chi connectivity index (χ0) is 13.0. The number of methoxy groups -OCH3 is 1. The number of likely N-dealkylation sites (tertiary alicyclic amines) is 1. The van der Waals surface area contributed by atoms with E-state index in [2.05, 4.69) is 24.1 Å². The Morgan fingerprint density at radius 1 is 1.28 bits per heavy atom. The van der Waals surface area contributed by atoms with Crippen LogP contribution in [0.5, 0.6) is 0 Å². The fourth-order valence-corrected chi connectivity index (χ4v) is 3.40. The minimum atomic E-state index is 0.521. The lowest BCUT2D eigenvalue weighted by atomic mass is 10.1. The molecule has 3 atom stereocenters. The molecule has 2 aliphatic rings. The molecule has 0 aromatic heterocycles. The van der Waals surface area contributed by atoms with Gasteiger partial charge < -0.3 is 10.1 Å². The van der Waals surface area contributed by atoms with Crippen molar-refractivity contribution in [3.8, 4) is 0 Å². The van der Waals surface area contributed by atoms with Gasteiger partial charge in [0.2, 0.25) is 0 Å². The van der Waals surface area contributed by atoms with Crippen LogP contribution in [0.25, 0.3) is 0 Å². The standard InChI is InChI=1S/C15H30N2O/c1-12(2)9-16-10-13-6-7-17(11-13)14-4-5-15(8-14)18-3/h12-16H,4-11H2,1-3H3. The highest BCUT2D eigenvalue weighted by Crippen LogP contribution is 2.29. The first-order valence-corrected chi connectivity index (χ1v) is 7.66. The average molecular weight is 254 g/mol. The van der Waals surface area contributed by atoms with Gasteiger partial charge in [0, 0.05) is 19.7 Å². The molecule has 0 spiro atoms. The first kappa shape index (κ1) is 14.3. The van der Waals surface area contributed by atoms with Crippen molar-refractivity contribution in [2.45, 2.75) is 51.7 Å². The van der Waals surface area contributed by atoms with Gasteiger partial charge in [-0.15, -0.1) is 0 Å². The highest BCUT2D eigenvalue weighted by molar-refractivity contribution is 4.88. The molecule has 106 valence electrons. The minimum absolute atomic E-state index is 0.521. The van der Waals surface area contributed by atoms with Gasteiger partial charge in [0.05, 0.1) is 6.10 Å². The van der Waals surface area contributed by atoms with Crippen LogP contribution in [-0.4, -0.2) is 50.3 Å². The van der Waals surface area contributed by atoms with Crippen LogP contribution in [0.4, 0.5) is 0 Å². The molecule has 2 fully saturated rings. The molecule has 0 amide bonds. The maximum Gasteiger partial charge on any atom is 0.0586 e. The molecular formula is C15H30N2O. The quantitative estimate of drug-likeness (QED) is 0.786. The van der Waals surface area contributed by atoms with Crippen molar-refractivity contribution in [3.63, 3.8) is 0 Å². The van der Waals surface area contributed by atoms with Crippen molar-refractivity contribution >= 4 is 0 Å². The Hall–Kier alpha value is -0.120. The predicted molar refractivity (Wildman–Crippen MR) is 75.8 cm³/mol. The van der Waals surface area contributed by atoms with Gasteiger partial charge in [-0.3, -0.25) is 4.90 Å². The third-order valence-electron chi connectivity index (χ3n) is 4.51. The average Bonchev–Trinajstić information content (AvgIpc) is 2.95. The summed E-state index contributed by atoms with van der Waals surface area (Å²) in [6.07, 6.45) is 5.74. The summed E-state index contributed by atoms with van der Waals surface area (Å²) in [5.41, 5.74) is 0. The van der Waals surface area contributed by atoms with Gasteiger partial charge in [-0.1, -0.05) is 13.8 Å². The number of hydrogen-bond acceptors (Lipinski definition) is 3. The Morgan fingerprint density at radius 2 is 2.11 bits per heavy atom. The first-order chi connectivity index (χ1) is 8.69. The number of rotatable bonds is 6. The Morgan fingerprint density at radius 3 is 2.78 bits per heavy atom. The number of ether oxygens (including phenoxy) is 1. The second-order valence-corrected chi connectivity index (χ2v) is 6.53. The summed E-state index contributed by atoms with van der Waals surface area (Å²) in [4.78, 5) is 2.71. The molecule has 0 aromatic rings. The summed E-state index contributed by atoms with van der Waals surface area (Å²) in [6.45, 7) is 9.51. The largest absolute Gasteiger partial charge is 0.381 e. The summed E-state index contributed by atoms with van der Waals surface area (Å²) in [5, 5.41) is 3.61. The molecule has 1 saturated heterocycles. The normalized spacial score (nSPS) is 33.7. The lowest BCUT2D eigenvalue weighted by Gasteiger charge is -2.24. The van der Waals surface area contributed by atoms with Crippen molar-refractivity contribution in [3.05, 3.63) is 0 Å². The maximum absolute atomic E-state index is 5.48. The molecule has 3 heteroatoms. The number of nitrogens with zero attached hydrogens (tertiary/aromatic N) is 1. The third-order valence-corrected chi connectivity index (χ3v) is 4.51. The molecule has 2 rings (SSSR count). The second kappa shape index (κ2) is 6.88. The van der Waals surface area contributed by atoms with Crippen molar-refractivity contribution in [2.75, 3.05) is 33.3 Å². The van der Waals surface area contributed by atoms with E-state index in [4.69, 9.17) is 4.74 Å². The highest BCUT2D eigenvalue weighted by atomic mass is 16.5. The van der Waals surface area contributed by atoms with Gasteiger partial charge in [-0.25, -0.2) is 0 Å². The molecule has 1 saturated carbocycles. The van der Waals surface area contributed by atoms with Gasteiger partial charge in [-0.05, 0) is 57.2 Å². The van der Waals surface area contributed by atoms with Gasteiger partial charge in [0.15, 0.2) is 0 Å². The van der Waals surface area contributed by atoms with Crippen LogP contribution in [-0.2, 0) is 4.74 Å². The van der Waals surface area contributed by atoms with Crippen molar-refractivity contribution in [1.29, 1.82) is 0 Å². The van der Waals surface area contributed by atoms with E-state index < -0.39 is 0 Å². The van der Waals surface area contributed by atoms with Crippen LogP contribution < -0.4 is 5.32 Å². The molecule has 3 unspecified atom stereocenters. The third kappa shape index (κ3) is 3.94. The van der Waals surface area contributed by atoms with Crippen LogP contribution in [0.1, 0.15) is 39.5 Å². The maximum atomic E-state index is 5.48. The van der Waals surface area contributed by atoms with Gasteiger partial charge in [-0.2, -0.15) is 0 Å². The number of nitrogens with one attached hydrogen (secondary N) is 1. The molecule has 1 aliphatic carbocycles. The van der Waals surface area contributed by atoms with E-state index in [-0.39, 0.29) is 0 Å². The fraction of sp³-hybridized carbons (Fsp3) is 1.00. The van der Waals surface area contributed by atoms with E-state index in [0.717, 1.165) is 24.4 Å². The van der Waals surface area contributed by atoms with Crippen molar-refractivity contribution in [2.24, 2.45) is 11.8 Å². The lowest BCUT2D eigenvalue weighted by molar-refractivity contribution is 0.0992. The zero-order valence-corrected chi connectivity index (χ0v) is 12.3. The Bertz CT molecular complexity index is 245. The fourth-order valence-electron chi connectivity index (χ4n) is 3.40. The van der Waals surface area contributed by atoms with Gasteiger partial charge in [0.25, 0.3) is 0 Å². The molecular weight excluding hydrogens is 224 g/mol. The molecule has 0 aromatic carbocycles. The summed E-state index contributed by atoms with van der Waals surface area (Å²) in [7, 11) is 1.86. The van der Waals surface area contributed by atoms with Crippen LogP contribution in [0.15, 0.2) is 0 Å². The van der Waals surface area contributed by atoms with Crippen LogP contribution in [0.2, 0.25) is 0 Å². The van der Waals surface area contributed by atoms with Crippen molar-refractivity contribution < 1.29 is 4.74 Å². The summed E-state index contributed by atoms with van der Waals surface area (Å²) >= 11 is 0. The summed E-state index contributed by atoms with van der Waals surface area (Å²) in [6, 6.07) is 0.796. The van der Waals surface area contributed by atoms with E-state index >= 15 is 0 Å². The predicted octanol–water partition coefficient (Wildman–Crippen LogP) is 2.12. The van der Waals surface area contributed by atoms with E-state index in [1.807, 2.05) is 7.11 Å². The van der Waals surface area contributed by atoms with Crippen molar-refractivity contribution in [1.82, 2.24) is 10.2 Å². The van der Waals surface area contributed by atoms with Crippen LogP contribution >= 0.6 is 0 Å². The summed E-state index contributed by atoms with van der Waals surface area (Å²) < 4.78 is 5.48. The van der Waals surface area contributed by atoms with Gasteiger partial charge in [0.1, 0.15) is 0 Å². The monoisotopic (exact) mass is 254 g/mol. The SMILES string of the molecule is COC1CCC(N2CCC(CNCC(C)C)C2)C1. The van der Waals surface area contributed by atoms with E-state index in [1.165, 1.54) is 45.3 Å². The first-order valence-electron chi connectivity index (χ1n) is 7.66. The van der Waals surface area contributed by atoms with Crippen LogP contribution in [0, 0.1) is 11.8 Å². The minimum Gasteiger partial charge on any atom is -0.381 e. The molecule has 1 aliphatic heterocycles. The Balaban J connectivity index is 1.65. The van der Waals surface area contributed by atoms with E-state index in [1.54, 1.807) is 0 Å². The van der Waals surface area contributed by atoms with Crippen LogP contribution in [0.3, 0.4) is 0 Å². The van der Waals surface area contributed by atoms with E-state index in [0.29, 0.717) is 6.10 Å². The van der Waals surface area contributed by atoms with E-state index in [9.17, 15) is 0 Å². The smallest absolute Gasteiger partial charge is 0.0586 e. The van der Waals surface area contributed by atoms with Gasteiger partial charge >= 0.3 is 0 Å². The number of hydrogen-bond donors (Lipinski definition) is 1. The molecule has 18 heavy (non-hydrogen) atoms. The molecule has 1 N–H and O–H groups in total. The zero-order valence-electron chi connectivity index (χ0n) is 12.3.